The number of anilines is 2. The molecule has 0 saturated carbocycles. The number of rotatable bonds is 7. The van der Waals surface area contributed by atoms with Crippen LogP contribution < -0.4 is 10.2 Å². The molecule has 148 valence electrons. The Labute approximate surface area is 171 Å². The molecule has 1 N–H and O–H groups in total. The van der Waals surface area contributed by atoms with Crippen molar-refractivity contribution in [3.05, 3.63) is 89.6 Å². The number of pyridine rings is 1. The molecule has 3 aromatic rings. The number of ketones is 1. The molecule has 0 spiro atoms. The molecule has 0 bridgehead atoms. The maximum Gasteiger partial charge on any atom is 0.257 e. The lowest BCUT2D eigenvalue weighted by Gasteiger charge is -2.28. The second kappa shape index (κ2) is 9.15. The molecule has 0 aliphatic rings. The minimum absolute atomic E-state index is 0.0423. The van der Waals surface area contributed by atoms with Gasteiger partial charge in [0, 0.05) is 30.0 Å². The van der Waals surface area contributed by atoms with E-state index in [-0.39, 0.29) is 17.7 Å². The maximum atomic E-state index is 12.6. The molecule has 5 nitrogen and oxygen atoms in total. The predicted octanol–water partition coefficient (Wildman–Crippen LogP) is 4.95. The summed E-state index contributed by atoms with van der Waals surface area (Å²) in [6.45, 7) is 6.48. The third kappa shape index (κ3) is 5.29. The third-order valence-electron chi connectivity index (χ3n) is 4.65. The summed E-state index contributed by atoms with van der Waals surface area (Å²) in [5, 5.41) is 2.82. The molecule has 1 aromatic heterocycles. The Balaban J connectivity index is 1.73. The fraction of sp³-hybridized carbons (Fsp3) is 0.208. The predicted molar refractivity (Wildman–Crippen MR) is 116 cm³/mol. The van der Waals surface area contributed by atoms with E-state index in [1.807, 2.05) is 24.3 Å². The molecule has 0 radical (unpaired) electrons. The van der Waals surface area contributed by atoms with Crippen molar-refractivity contribution in [2.75, 3.05) is 10.2 Å². The van der Waals surface area contributed by atoms with Gasteiger partial charge in [-0.05, 0) is 50.6 Å². The number of hydrogen-bond acceptors (Lipinski definition) is 4. The Morgan fingerprint density at radius 3 is 2.34 bits per heavy atom. The highest BCUT2D eigenvalue weighted by molar-refractivity contribution is 6.05. The van der Waals surface area contributed by atoms with Crippen LogP contribution in [0, 0.1) is 0 Å². The number of benzene rings is 2. The van der Waals surface area contributed by atoms with E-state index in [1.54, 1.807) is 36.5 Å². The van der Waals surface area contributed by atoms with Crippen LogP contribution in [0.15, 0.2) is 72.9 Å². The van der Waals surface area contributed by atoms with Crippen LogP contribution in [0.3, 0.4) is 0 Å². The van der Waals surface area contributed by atoms with Gasteiger partial charge >= 0.3 is 0 Å². The van der Waals surface area contributed by atoms with Crippen molar-refractivity contribution < 1.29 is 9.59 Å². The summed E-state index contributed by atoms with van der Waals surface area (Å²) in [5.41, 5.74) is 2.81. The van der Waals surface area contributed by atoms with Gasteiger partial charge in [-0.1, -0.05) is 42.5 Å². The Morgan fingerprint density at radius 1 is 0.966 bits per heavy atom. The maximum absolute atomic E-state index is 12.6. The molecule has 29 heavy (non-hydrogen) atoms. The summed E-state index contributed by atoms with van der Waals surface area (Å²) in [6, 6.07) is 21.0. The smallest absolute Gasteiger partial charge is 0.257 e. The quantitative estimate of drug-likeness (QED) is 0.583. The molecule has 5 heteroatoms. The molecule has 0 unspecified atom stereocenters. The van der Waals surface area contributed by atoms with Gasteiger partial charge in [-0.25, -0.2) is 4.98 Å². The SMILES string of the molecule is CC(=O)c1cccc(NC(=O)c2ccc(N(Cc3ccccc3)C(C)C)nc2)c1. The van der Waals surface area contributed by atoms with Gasteiger partial charge in [0.05, 0.1) is 5.56 Å². The van der Waals surface area contributed by atoms with E-state index in [0.29, 0.717) is 16.8 Å². The van der Waals surface area contributed by atoms with Crippen LogP contribution >= 0.6 is 0 Å². The van der Waals surface area contributed by atoms with E-state index in [1.165, 1.54) is 12.5 Å². The fourth-order valence-electron chi connectivity index (χ4n) is 3.02. The normalized spacial score (nSPS) is 10.6. The van der Waals surface area contributed by atoms with Gasteiger partial charge in [0.25, 0.3) is 5.91 Å². The number of carbonyl (C=O) groups is 2. The van der Waals surface area contributed by atoms with Crippen molar-refractivity contribution in [2.24, 2.45) is 0 Å². The molecule has 0 saturated heterocycles. The second-order valence-electron chi connectivity index (χ2n) is 7.20. The summed E-state index contributed by atoms with van der Waals surface area (Å²) in [7, 11) is 0. The minimum atomic E-state index is -0.260. The topological polar surface area (TPSA) is 62.3 Å². The first kappa shape index (κ1) is 20.3. The van der Waals surface area contributed by atoms with E-state index in [0.717, 1.165) is 12.4 Å². The lowest BCUT2D eigenvalue weighted by atomic mass is 10.1. The Bertz CT molecular complexity index is 983. The lowest BCUT2D eigenvalue weighted by Crippen LogP contribution is -2.31. The minimum Gasteiger partial charge on any atom is -0.350 e. The number of aromatic nitrogens is 1. The first-order chi connectivity index (χ1) is 13.9. The molecule has 0 aliphatic carbocycles. The molecule has 1 amide bonds. The van der Waals surface area contributed by atoms with Crippen LogP contribution in [0.2, 0.25) is 0 Å². The Kier molecular flexibility index (Phi) is 6.39. The molecule has 0 aliphatic heterocycles. The number of nitrogens with one attached hydrogen (secondary N) is 1. The fourth-order valence-corrected chi connectivity index (χ4v) is 3.02. The van der Waals surface area contributed by atoms with Gasteiger partial charge < -0.3 is 10.2 Å². The summed E-state index contributed by atoms with van der Waals surface area (Å²) in [4.78, 5) is 30.8. The van der Waals surface area contributed by atoms with Crippen molar-refractivity contribution in [1.82, 2.24) is 4.98 Å². The van der Waals surface area contributed by atoms with Crippen LogP contribution in [0.1, 0.15) is 47.1 Å². The van der Waals surface area contributed by atoms with Gasteiger partial charge in [-0.2, -0.15) is 0 Å². The van der Waals surface area contributed by atoms with Crippen LogP contribution in [-0.2, 0) is 6.54 Å². The summed E-state index contributed by atoms with van der Waals surface area (Å²) in [6.07, 6.45) is 1.58. The summed E-state index contributed by atoms with van der Waals surface area (Å²) < 4.78 is 0. The van der Waals surface area contributed by atoms with Crippen LogP contribution in [0.5, 0.6) is 0 Å². The molecular formula is C24H25N3O2. The highest BCUT2D eigenvalue weighted by Crippen LogP contribution is 2.19. The van der Waals surface area contributed by atoms with Gasteiger partial charge in [0.2, 0.25) is 0 Å². The molecule has 1 heterocycles. The molecule has 2 aromatic carbocycles. The highest BCUT2D eigenvalue weighted by atomic mass is 16.1. The van der Waals surface area contributed by atoms with Gasteiger partial charge in [0.15, 0.2) is 5.78 Å². The van der Waals surface area contributed by atoms with Crippen molar-refractivity contribution in [3.63, 3.8) is 0 Å². The van der Waals surface area contributed by atoms with Crippen molar-refractivity contribution >= 4 is 23.2 Å². The summed E-state index contributed by atoms with van der Waals surface area (Å²) >= 11 is 0. The van der Waals surface area contributed by atoms with E-state index in [2.05, 4.69) is 41.2 Å². The molecule has 3 rings (SSSR count). The number of nitrogens with zero attached hydrogens (tertiary/aromatic N) is 2. The van der Waals surface area contributed by atoms with Gasteiger partial charge in [0.1, 0.15) is 5.82 Å². The number of carbonyl (C=O) groups excluding carboxylic acids is 2. The summed E-state index contributed by atoms with van der Waals surface area (Å²) in [5.74, 6) is 0.516. The van der Waals surface area contributed by atoms with E-state index < -0.39 is 0 Å². The average molecular weight is 387 g/mol. The number of amides is 1. The lowest BCUT2D eigenvalue weighted by molar-refractivity contribution is 0.101. The molecule has 0 atom stereocenters. The van der Waals surface area contributed by atoms with Gasteiger partial charge in [-0.3, -0.25) is 9.59 Å². The highest BCUT2D eigenvalue weighted by Gasteiger charge is 2.14. The van der Waals surface area contributed by atoms with Crippen molar-refractivity contribution in [2.45, 2.75) is 33.4 Å². The third-order valence-corrected chi connectivity index (χ3v) is 4.65. The van der Waals surface area contributed by atoms with Crippen molar-refractivity contribution in [3.8, 4) is 0 Å². The number of Topliss-reactive ketones (excluding diaryl/α,β-unsaturated/α-hetero) is 1. The first-order valence-corrected chi connectivity index (χ1v) is 9.63. The van der Waals surface area contributed by atoms with E-state index in [4.69, 9.17) is 0 Å². The molecule has 0 fully saturated rings. The first-order valence-electron chi connectivity index (χ1n) is 9.63. The average Bonchev–Trinajstić information content (AvgIpc) is 2.73. The zero-order chi connectivity index (χ0) is 20.8. The van der Waals surface area contributed by atoms with Crippen LogP contribution in [0.25, 0.3) is 0 Å². The largest absolute Gasteiger partial charge is 0.350 e. The Morgan fingerprint density at radius 2 is 1.72 bits per heavy atom. The van der Waals surface area contributed by atoms with Crippen LogP contribution in [0.4, 0.5) is 11.5 Å². The molecular weight excluding hydrogens is 362 g/mol. The second-order valence-corrected chi connectivity index (χ2v) is 7.20. The Hall–Kier alpha value is -3.47. The van der Waals surface area contributed by atoms with E-state index >= 15 is 0 Å². The van der Waals surface area contributed by atoms with Crippen LogP contribution in [-0.4, -0.2) is 22.7 Å². The van der Waals surface area contributed by atoms with E-state index in [9.17, 15) is 9.59 Å². The zero-order valence-electron chi connectivity index (χ0n) is 16.9. The standard InChI is InChI=1S/C24H25N3O2/c1-17(2)27(16-19-8-5-4-6-9-19)23-13-12-21(15-25-23)24(29)26-22-11-7-10-20(14-22)18(3)28/h4-15,17H,16H2,1-3H3,(H,26,29). The zero-order valence-corrected chi connectivity index (χ0v) is 16.9. The van der Waals surface area contributed by atoms with Crippen molar-refractivity contribution in [1.29, 1.82) is 0 Å². The number of hydrogen-bond donors (Lipinski definition) is 1. The van der Waals surface area contributed by atoms with Gasteiger partial charge in [-0.15, -0.1) is 0 Å². The monoisotopic (exact) mass is 387 g/mol.